The summed E-state index contributed by atoms with van der Waals surface area (Å²) in [4.78, 5) is 21.5. The van der Waals surface area contributed by atoms with Crippen LogP contribution in [-0.4, -0.2) is 25.7 Å². The number of halogens is 1. The molecule has 1 amide bonds. The number of amides is 1. The highest BCUT2D eigenvalue weighted by atomic mass is 35.5. The fourth-order valence-electron chi connectivity index (χ4n) is 2.99. The number of carbonyl (C=O) groups is 1. The summed E-state index contributed by atoms with van der Waals surface area (Å²) in [6.45, 7) is 7.96. The maximum Gasteiger partial charge on any atom is 0.292 e. The number of anilines is 1. The number of hydrogen-bond donors (Lipinski definition) is 1. The third-order valence-corrected chi connectivity index (χ3v) is 4.88. The van der Waals surface area contributed by atoms with E-state index in [4.69, 9.17) is 16.0 Å². The zero-order valence-electron chi connectivity index (χ0n) is 16.5. The summed E-state index contributed by atoms with van der Waals surface area (Å²) in [5.74, 6) is 0.624. The molecule has 0 bridgehead atoms. The zero-order chi connectivity index (χ0) is 20.8. The van der Waals surface area contributed by atoms with Crippen LogP contribution in [0.5, 0.6) is 0 Å². The van der Waals surface area contributed by atoms with E-state index in [-0.39, 0.29) is 11.2 Å². The molecule has 1 N–H and O–H groups in total. The van der Waals surface area contributed by atoms with Crippen LogP contribution in [-0.2, 0) is 5.41 Å². The van der Waals surface area contributed by atoms with Gasteiger partial charge in [-0.3, -0.25) is 4.79 Å². The zero-order valence-corrected chi connectivity index (χ0v) is 17.3. The van der Waals surface area contributed by atoms with Gasteiger partial charge in [0.25, 0.3) is 11.9 Å². The summed E-state index contributed by atoms with van der Waals surface area (Å²) in [6, 6.07) is 8.96. The summed E-state index contributed by atoms with van der Waals surface area (Å²) in [5.41, 5.74) is 1.79. The maximum absolute atomic E-state index is 13.0. The highest BCUT2D eigenvalue weighted by molar-refractivity contribution is 6.35. The minimum absolute atomic E-state index is 0.201. The lowest BCUT2D eigenvalue weighted by Crippen LogP contribution is -2.16. The SMILES string of the molecule is Cc1c(C(=O)Nc2cc(C(C)(C)C)nn2-c2ncccn2)oc2c(Cl)cccc12. The lowest BCUT2D eigenvalue weighted by Gasteiger charge is -2.13. The van der Waals surface area contributed by atoms with Gasteiger partial charge in [0, 0.05) is 34.8 Å². The van der Waals surface area contributed by atoms with Crippen molar-refractivity contribution < 1.29 is 9.21 Å². The van der Waals surface area contributed by atoms with Crippen molar-refractivity contribution in [2.24, 2.45) is 0 Å². The molecule has 0 saturated heterocycles. The Morgan fingerprint density at radius 3 is 2.55 bits per heavy atom. The largest absolute Gasteiger partial charge is 0.449 e. The van der Waals surface area contributed by atoms with E-state index in [9.17, 15) is 4.79 Å². The lowest BCUT2D eigenvalue weighted by atomic mass is 9.92. The van der Waals surface area contributed by atoms with Crippen LogP contribution in [0.1, 0.15) is 42.6 Å². The van der Waals surface area contributed by atoms with Crippen molar-refractivity contribution in [2.75, 3.05) is 5.32 Å². The number of nitrogens with zero attached hydrogens (tertiary/aromatic N) is 4. The van der Waals surface area contributed by atoms with Gasteiger partial charge in [0.2, 0.25) is 0 Å². The molecule has 3 aromatic heterocycles. The van der Waals surface area contributed by atoms with Crippen LogP contribution in [0.15, 0.2) is 47.1 Å². The standard InChI is InChI=1S/C21H20ClN5O2/c1-12-13-7-5-8-14(22)18(13)29-17(12)19(28)25-16-11-15(21(2,3)4)26-27(16)20-23-9-6-10-24-20/h5-11H,1-4H3,(H,25,28). The maximum atomic E-state index is 13.0. The fraction of sp³-hybridized carbons (Fsp3) is 0.238. The van der Waals surface area contributed by atoms with Crippen molar-refractivity contribution in [1.82, 2.24) is 19.7 Å². The van der Waals surface area contributed by atoms with Crippen molar-refractivity contribution >= 4 is 34.3 Å². The normalized spacial score (nSPS) is 11.8. The number of hydrogen-bond acceptors (Lipinski definition) is 5. The molecule has 3 heterocycles. The van der Waals surface area contributed by atoms with Gasteiger partial charge in [-0.1, -0.05) is 44.5 Å². The van der Waals surface area contributed by atoms with Gasteiger partial charge in [-0.15, -0.1) is 0 Å². The van der Waals surface area contributed by atoms with E-state index >= 15 is 0 Å². The first kappa shape index (κ1) is 19.1. The number of aryl methyl sites for hydroxylation is 1. The first-order chi connectivity index (χ1) is 13.8. The molecule has 0 fully saturated rings. The van der Waals surface area contributed by atoms with Gasteiger partial charge in [-0.2, -0.15) is 9.78 Å². The van der Waals surface area contributed by atoms with Crippen molar-refractivity contribution in [3.8, 4) is 5.95 Å². The van der Waals surface area contributed by atoms with E-state index in [1.54, 1.807) is 24.5 Å². The molecule has 0 unspecified atom stereocenters. The molecule has 0 spiro atoms. The lowest BCUT2D eigenvalue weighted by molar-refractivity contribution is 0.0997. The van der Waals surface area contributed by atoms with E-state index in [1.165, 1.54) is 4.68 Å². The molecular formula is C21H20ClN5O2. The van der Waals surface area contributed by atoms with Gasteiger partial charge in [0.15, 0.2) is 11.3 Å². The van der Waals surface area contributed by atoms with Gasteiger partial charge in [0.05, 0.1) is 10.7 Å². The Morgan fingerprint density at radius 1 is 1.17 bits per heavy atom. The Bertz CT molecular complexity index is 1210. The number of para-hydroxylation sites is 1. The number of benzene rings is 1. The topological polar surface area (TPSA) is 85.8 Å². The van der Waals surface area contributed by atoms with Gasteiger partial charge in [-0.05, 0) is 19.1 Å². The fourth-order valence-corrected chi connectivity index (χ4v) is 3.20. The van der Waals surface area contributed by atoms with E-state index in [1.807, 2.05) is 45.9 Å². The van der Waals surface area contributed by atoms with Gasteiger partial charge in [-0.25, -0.2) is 9.97 Å². The number of aromatic nitrogens is 4. The smallest absolute Gasteiger partial charge is 0.292 e. The average molecular weight is 410 g/mol. The van der Waals surface area contributed by atoms with E-state index < -0.39 is 5.91 Å². The Morgan fingerprint density at radius 2 is 1.90 bits per heavy atom. The predicted octanol–water partition coefficient (Wildman–Crippen LogP) is 4.92. The molecule has 0 radical (unpaired) electrons. The molecule has 29 heavy (non-hydrogen) atoms. The van der Waals surface area contributed by atoms with E-state index in [0.29, 0.717) is 22.4 Å². The Kier molecular flexibility index (Phi) is 4.62. The van der Waals surface area contributed by atoms with Gasteiger partial charge in [0.1, 0.15) is 5.82 Å². The van der Waals surface area contributed by atoms with Crippen molar-refractivity contribution in [2.45, 2.75) is 33.1 Å². The molecule has 0 aliphatic rings. The third kappa shape index (κ3) is 3.49. The molecule has 7 nitrogen and oxygen atoms in total. The number of nitrogens with one attached hydrogen (secondary N) is 1. The van der Waals surface area contributed by atoms with Gasteiger partial charge < -0.3 is 9.73 Å². The molecule has 4 aromatic rings. The predicted molar refractivity (Wildman–Crippen MR) is 112 cm³/mol. The number of fused-ring (bicyclic) bond motifs is 1. The summed E-state index contributed by atoms with van der Waals surface area (Å²) in [5, 5.41) is 8.75. The van der Waals surface area contributed by atoms with Crippen molar-refractivity contribution in [3.05, 3.63) is 64.8 Å². The first-order valence-corrected chi connectivity index (χ1v) is 9.50. The van der Waals surface area contributed by atoms with Crippen molar-refractivity contribution in [1.29, 1.82) is 0 Å². The summed E-state index contributed by atoms with van der Waals surface area (Å²) >= 11 is 6.21. The molecule has 0 saturated carbocycles. The molecule has 4 rings (SSSR count). The van der Waals surface area contributed by atoms with Crippen LogP contribution >= 0.6 is 11.6 Å². The summed E-state index contributed by atoms with van der Waals surface area (Å²) in [7, 11) is 0. The molecular weight excluding hydrogens is 390 g/mol. The van der Waals surface area contributed by atoms with Crippen LogP contribution < -0.4 is 5.32 Å². The number of rotatable bonds is 3. The van der Waals surface area contributed by atoms with E-state index in [0.717, 1.165) is 16.6 Å². The average Bonchev–Trinajstić information content (AvgIpc) is 3.25. The molecule has 0 atom stereocenters. The molecule has 148 valence electrons. The van der Waals surface area contributed by atoms with Crippen molar-refractivity contribution in [3.63, 3.8) is 0 Å². The molecule has 8 heteroatoms. The van der Waals surface area contributed by atoms with Crippen LogP contribution in [0.4, 0.5) is 5.82 Å². The second-order valence-corrected chi connectivity index (χ2v) is 8.16. The highest BCUT2D eigenvalue weighted by Gasteiger charge is 2.25. The summed E-state index contributed by atoms with van der Waals surface area (Å²) < 4.78 is 7.30. The molecule has 0 aliphatic heterocycles. The number of carbonyl (C=O) groups excluding carboxylic acids is 1. The summed E-state index contributed by atoms with van der Waals surface area (Å²) in [6.07, 6.45) is 3.25. The van der Waals surface area contributed by atoms with E-state index in [2.05, 4.69) is 20.4 Å². The Labute approximate surface area is 172 Å². The van der Waals surface area contributed by atoms with Crippen LogP contribution in [0.3, 0.4) is 0 Å². The van der Waals surface area contributed by atoms with Crippen LogP contribution in [0.2, 0.25) is 5.02 Å². The second kappa shape index (κ2) is 7.00. The van der Waals surface area contributed by atoms with Crippen LogP contribution in [0.25, 0.3) is 16.9 Å². The molecule has 1 aromatic carbocycles. The second-order valence-electron chi connectivity index (χ2n) is 7.75. The monoisotopic (exact) mass is 409 g/mol. The quantitative estimate of drug-likeness (QED) is 0.519. The third-order valence-electron chi connectivity index (χ3n) is 4.58. The minimum atomic E-state index is -0.396. The Balaban J connectivity index is 1.76. The number of furan rings is 1. The highest BCUT2D eigenvalue weighted by Crippen LogP contribution is 2.31. The molecule has 0 aliphatic carbocycles. The Hall–Kier alpha value is -3.19. The minimum Gasteiger partial charge on any atom is -0.449 e. The van der Waals surface area contributed by atoms with Gasteiger partial charge >= 0.3 is 0 Å². The van der Waals surface area contributed by atoms with Crippen LogP contribution in [0, 0.1) is 6.92 Å². The first-order valence-electron chi connectivity index (χ1n) is 9.12.